The number of nitro groups is 1. The lowest BCUT2D eigenvalue weighted by atomic mass is 10.1. The topological polar surface area (TPSA) is 115 Å². The summed E-state index contributed by atoms with van der Waals surface area (Å²) in [4.78, 5) is 22.4. The van der Waals surface area contributed by atoms with Crippen LogP contribution in [-0.2, 0) is 11.0 Å². The first-order valence-corrected chi connectivity index (χ1v) is 11.0. The number of carbonyl (C=O) groups is 1. The van der Waals surface area contributed by atoms with Gasteiger partial charge in [-0.1, -0.05) is 0 Å². The van der Waals surface area contributed by atoms with Crippen molar-refractivity contribution in [2.75, 3.05) is 24.5 Å². The smallest absolute Gasteiger partial charge is 0.416 e. The van der Waals surface area contributed by atoms with Gasteiger partial charge in [-0.15, -0.1) is 0 Å². The number of alkyl halides is 3. The molecule has 0 radical (unpaired) electrons. The summed E-state index contributed by atoms with van der Waals surface area (Å²) in [6.07, 6.45) is -3.49. The highest BCUT2D eigenvalue weighted by atomic mass is 79.9. The monoisotopic (exact) mass is 584 g/mol. The van der Waals surface area contributed by atoms with Gasteiger partial charge in [0.1, 0.15) is 11.5 Å². The number of carbonyl (C=O) groups excluding carboxylic acids is 1. The molecule has 0 saturated carbocycles. The van der Waals surface area contributed by atoms with Crippen LogP contribution in [0.3, 0.4) is 0 Å². The summed E-state index contributed by atoms with van der Waals surface area (Å²) < 4.78 is 62.8. The lowest BCUT2D eigenvalue weighted by molar-refractivity contribution is -0.384. The average Bonchev–Trinajstić information content (AvgIpc) is 2.83. The summed E-state index contributed by atoms with van der Waals surface area (Å²) in [5.41, 5.74) is 0.961. The average molecular weight is 585 g/mol. The van der Waals surface area contributed by atoms with Crippen LogP contribution in [-0.4, -0.2) is 30.8 Å². The number of hydrogen-bond donors (Lipinski definition) is 2. The molecule has 14 heteroatoms. The van der Waals surface area contributed by atoms with Crippen LogP contribution in [0.1, 0.15) is 11.1 Å². The molecule has 0 fully saturated rings. The molecule has 0 heterocycles. The van der Waals surface area contributed by atoms with E-state index in [-0.39, 0.29) is 23.8 Å². The van der Waals surface area contributed by atoms with Crippen molar-refractivity contribution in [3.05, 3.63) is 86.1 Å². The number of rotatable bonds is 9. The standard InChI is InChI=1S/C23H17BrF4N4O5/c1-36-20-9-13(11-29-31-18-7-2-14(23(26,27)28)10-19(18)32(34)35)8-17(24)22(20)37-12-21(33)30-16-5-3-15(25)4-6-16/h2-11,31H,12H2,1H3,(H,30,33)/b29-11-. The maximum Gasteiger partial charge on any atom is 0.416 e. The van der Waals surface area contributed by atoms with Crippen LogP contribution in [0.5, 0.6) is 11.5 Å². The number of nitro benzene ring substituents is 1. The molecule has 0 aliphatic heterocycles. The lowest BCUT2D eigenvalue weighted by Gasteiger charge is -2.13. The molecular formula is C23H17BrF4N4O5. The molecule has 0 aliphatic rings. The zero-order valence-electron chi connectivity index (χ0n) is 18.8. The Morgan fingerprint density at radius 2 is 1.86 bits per heavy atom. The van der Waals surface area contributed by atoms with E-state index in [0.717, 1.165) is 6.07 Å². The zero-order valence-corrected chi connectivity index (χ0v) is 20.4. The molecular weight excluding hydrogens is 568 g/mol. The van der Waals surface area contributed by atoms with E-state index in [1.54, 1.807) is 6.07 Å². The van der Waals surface area contributed by atoms with Crippen LogP contribution in [0.15, 0.2) is 64.2 Å². The molecule has 0 atom stereocenters. The predicted molar refractivity (Wildman–Crippen MR) is 131 cm³/mol. The van der Waals surface area contributed by atoms with E-state index in [2.05, 4.69) is 31.8 Å². The van der Waals surface area contributed by atoms with Gasteiger partial charge in [0.15, 0.2) is 18.1 Å². The van der Waals surface area contributed by atoms with E-state index in [0.29, 0.717) is 27.9 Å². The highest BCUT2D eigenvalue weighted by Crippen LogP contribution is 2.37. The highest BCUT2D eigenvalue weighted by Gasteiger charge is 2.33. The summed E-state index contributed by atoms with van der Waals surface area (Å²) >= 11 is 3.30. The summed E-state index contributed by atoms with van der Waals surface area (Å²) in [6, 6.07) is 10.2. The van der Waals surface area contributed by atoms with Crippen LogP contribution in [0.25, 0.3) is 0 Å². The summed E-state index contributed by atoms with van der Waals surface area (Å²) in [6.45, 7) is -0.390. The number of anilines is 2. The molecule has 0 saturated heterocycles. The quantitative estimate of drug-likeness (QED) is 0.138. The van der Waals surface area contributed by atoms with Gasteiger partial charge in [-0.25, -0.2) is 4.39 Å². The Balaban J connectivity index is 1.70. The number of benzene rings is 3. The van der Waals surface area contributed by atoms with Crippen molar-refractivity contribution in [2.45, 2.75) is 6.18 Å². The van der Waals surface area contributed by atoms with Crippen molar-refractivity contribution in [1.29, 1.82) is 0 Å². The van der Waals surface area contributed by atoms with Crippen molar-refractivity contribution in [2.24, 2.45) is 5.10 Å². The molecule has 37 heavy (non-hydrogen) atoms. The molecule has 2 N–H and O–H groups in total. The summed E-state index contributed by atoms with van der Waals surface area (Å²) in [7, 11) is 1.36. The van der Waals surface area contributed by atoms with Gasteiger partial charge in [0, 0.05) is 11.8 Å². The minimum atomic E-state index is -4.74. The van der Waals surface area contributed by atoms with E-state index in [9.17, 15) is 32.5 Å². The number of methoxy groups -OCH3 is 1. The second kappa shape index (κ2) is 11.7. The van der Waals surface area contributed by atoms with Crippen molar-refractivity contribution in [3.8, 4) is 11.5 Å². The third-order valence-electron chi connectivity index (χ3n) is 4.65. The Kier molecular flexibility index (Phi) is 8.65. The number of hydrogen-bond acceptors (Lipinski definition) is 7. The number of nitrogens with one attached hydrogen (secondary N) is 2. The number of nitrogens with zero attached hydrogens (tertiary/aromatic N) is 2. The van der Waals surface area contributed by atoms with Crippen molar-refractivity contribution >= 4 is 45.1 Å². The second-order valence-electron chi connectivity index (χ2n) is 7.23. The Labute approximate surface area is 215 Å². The molecule has 0 bridgehead atoms. The summed E-state index contributed by atoms with van der Waals surface area (Å²) in [5, 5.41) is 17.6. The third kappa shape index (κ3) is 7.39. The first-order valence-electron chi connectivity index (χ1n) is 10.2. The molecule has 0 spiro atoms. The fourth-order valence-corrected chi connectivity index (χ4v) is 3.53. The van der Waals surface area contributed by atoms with E-state index in [4.69, 9.17) is 9.47 Å². The van der Waals surface area contributed by atoms with Gasteiger partial charge in [-0.05, 0) is 70.0 Å². The number of ether oxygens (including phenoxy) is 2. The maximum absolute atomic E-state index is 13.0. The first-order chi connectivity index (χ1) is 17.5. The molecule has 1 amide bonds. The fraction of sp³-hybridized carbons (Fsp3) is 0.130. The highest BCUT2D eigenvalue weighted by molar-refractivity contribution is 9.10. The third-order valence-corrected chi connectivity index (χ3v) is 5.24. The largest absolute Gasteiger partial charge is 0.493 e. The van der Waals surface area contributed by atoms with Gasteiger partial charge >= 0.3 is 6.18 Å². The van der Waals surface area contributed by atoms with Crippen molar-refractivity contribution in [3.63, 3.8) is 0 Å². The van der Waals surface area contributed by atoms with Gasteiger partial charge in [0.05, 0.1) is 28.3 Å². The van der Waals surface area contributed by atoms with E-state index >= 15 is 0 Å². The van der Waals surface area contributed by atoms with E-state index in [1.165, 1.54) is 43.7 Å². The molecule has 0 aromatic heterocycles. The molecule has 9 nitrogen and oxygen atoms in total. The van der Waals surface area contributed by atoms with Crippen LogP contribution >= 0.6 is 15.9 Å². The predicted octanol–water partition coefficient (Wildman–Crippen LogP) is 5.99. The lowest BCUT2D eigenvalue weighted by Crippen LogP contribution is -2.20. The minimum Gasteiger partial charge on any atom is -0.493 e. The van der Waals surface area contributed by atoms with E-state index < -0.39 is 34.1 Å². The van der Waals surface area contributed by atoms with E-state index in [1.807, 2.05) is 0 Å². The molecule has 194 valence electrons. The van der Waals surface area contributed by atoms with Gasteiger partial charge in [-0.2, -0.15) is 18.3 Å². The molecule has 0 unspecified atom stereocenters. The number of halogens is 5. The number of hydrazone groups is 1. The summed E-state index contributed by atoms with van der Waals surface area (Å²) in [5.74, 6) is -0.543. The fourth-order valence-electron chi connectivity index (χ4n) is 2.95. The molecule has 3 rings (SSSR count). The van der Waals surface area contributed by atoms with Gasteiger partial charge in [0.2, 0.25) is 0 Å². The van der Waals surface area contributed by atoms with Crippen LogP contribution < -0.4 is 20.2 Å². The zero-order chi connectivity index (χ0) is 27.2. The first kappa shape index (κ1) is 27.4. The van der Waals surface area contributed by atoms with Crippen molar-refractivity contribution < 1.29 is 36.8 Å². The number of amides is 1. The Morgan fingerprint density at radius 1 is 1.16 bits per heavy atom. The van der Waals surface area contributed by atoms with Crippen molar-refractivity contribution in [1.82, 2.24) is 0 Å². The Hall–Kier alpha value is -4.20. The minimum absolute atomic E-state index is 0.195. The van der Waals surface area contributed by atoms with Crippen LogP contribution in [0.2, 0.25) is 0 Å². The molecule has 0 aliphatic carbocycles. The normalized spacial score (nSPS) is 11.3. The second-order valence-corrected chi connectivity index (χ2v) is 8.09. The molecule has 3 aromatic rings. The van der Waals surface area contributed by atoms with Gasteiger partial charge < -0.3 is 14.8 Å². The Morgan fingerprint density at radius 3 is 2.49 bits per heavy atom. The Bertz CT molecular complexity index is 1330. The van der Waals surface area contributed by atoms with Crippen LogP contribution in [0.4, 0.5) is 34.6 Å². The maximum atomic E-state index is 13.0. The van der Waals surface area contributed by atoms with Crippen LogP contribution in [0, 0.1) is 15.9 Å². The van der Waals surface area contributed by atoms with Gasteiger partial charge in [-0.3, -0.25) is 20.3 Å². The molecule has 3 aromatic carbocycles. The van der Waals surface area contributed by atoms with Gasteiger partial charge in [0.25, 0.3) is 11.6 Å². The SMILES string of the molecule is COc1cc(/C=N\Nc2ccc(C(F)(F)F)cc2[N+](=O)[O-])cc(Br)c1OCC(=O)Nc1ccc(F)cc1.